The van der Waals surface area contributed by atoms with Crippen molar-refractivity contribution < 1.29 is 41.0 Å². The molecule has 0 atom stereocenters. The van der Waals surface area contributed by atoms with Crippen LogP contribution < -0.4 is 10.1 Å². The van der Waals surface area contributed by atoms with E-state index >= 15 is 0 Å². The highest BCUT2D eigenvalue weighted by Gasteiger charge is 2.38. The van der Waals surface area contributed by atoms with Gasteiger partial charge in [-0.05, 0) is 24.3 Å². The first-order valence-electron chi connectivity index (χ1n) is 9.16. The van der Waals surface area contributed by atoms with E-state index < -0.39 is 23.9 Å². The SMILES string of the molecule is FC(F)(F)c1ccc(-n2cc(-c3nccc(OC4CNC4)n3)cn2)cc1.O=C(O)C(F)(F)F. The Kier molecular flexibility index (Phi) is 6.86. The van der Waals surface area contributed by atoms with Crippen LogP contribution in [-0.2, 0) is 11.0 Å². The average Bonchev–Trinajstić information content (AvgIpc) is 3.21. The highest BCUT2D eigenvalue weighted by Crippen LogP contribution is 2.29. The standard InChI is InChI=1S/C17H14F3N5O.C2HF3O2/c18-17(19,20)12-1-3-13(4-2-12)25-10-11(7-23-25)16-22-6-5-15(24-16)26-14-8-21-9-14;3-2(4,5)1(6)7/h1-7,10,14,21H,8-9H2;(H,6,7). The van der Waals surface area contributed by atoms with E-state index in [4.69, 9.17) is 14.6 Å². The Morgan fingerprint density at radius 1 is 1.09 bits per heavy atom. The van der Waals surface area contributed by atoms with Gasteiger partial charge < -0.3 is 15.2 Å². The lowest BCUT2D eigenvalue weighted by Crippen LogP contribution is -2.50. The van der Waals surface area contributed by atoms with Crippen LogP contribution in [0.25, 0.3) is 17.1 Å². The Bertz CT molecular complexity index is 1090. The van der Waals surface area contributed by atoms with Gasteiger partial charge in [0.2, 0.25) is 5.88 Å². The number of halogens is 6. The van der Waals surface area contributed by atoms with Crippen LogP contribution in [0, 0.1) is 0 Å². The summed E-state index contributed by atoms with van der Waals surface area (Å²) in [6.07, 6.45) is -4.53. The molecular weight excluding hydrogens is 460 g/mol. The molecule has 1 saturated heterocycles. The summed E-state index contributed by atoms with van der Waals surface area (Å²) in [5, 5.41) is 14.4. The van der Waals surface area contributed by atoms with Gasteiger partial charge in [-0.15, -0.1) is 0 Å². The molecule has 1 aliphatic heterocycles. The number of hydrogen-bond acceptors (Lipinski definition) is 6. The molecule has 0 radical (unpaired) electrons. The van der Waals surface area contributed by atoms with Crippen molar-refractivity contribution in [3.63, 3.8) is 0 Å². The minimum absolute atomic E-state index is 0.104. The molecular formula is C19H15F6N5O3. The van der Waals surface area contributed by atoms with Crippen LogP contribution >= 0.6 is 0 Å². The number of carboxylic acids is 1. The molecule has 1 aliphatic rings. The predicted molar refractivity (Wildman–Crippen MR) is 101 cm³/mol. The molecule has 4 rings (SSSR count). The molecule has 0 bridgehead atoms. The van der Waals surface area contributed by atoms with Crippen molar-refractivity contribution in [2.75, 3.05) is 13.1 Å². The van der Waals surface area contributed by atoms with Crippen LogP contribution in [0.3, 0.4) is 0 Å². The van der Waals surface area contributed by atoms with E-state index in [1.165, 1.54) is 16.8 Å². The van der Waals surface area contributed by atoms with Crippen molar-refractivity contribution in [2.24, 2.45) is 0 Å². The summed E-state index contributed by atoms with van der Waals surface area (Å²) in [6, 6.07) is 6.46. The van der Waals surface area contributed by atoms with Crippen LogP contribution in [0.2, 0.25) is 0 Å². The molecule has 2 aromatic heterocycles. The Hall–Kier alpha value is -3.68. The monoisotopic (exact) mass is 475 g/mol. The molecule has 0 aliphatic carbocycles. The first-order valence-corrected chi connectivity index (χ1v) is 9.16. The fraction of sp³-hybridized carbons (Fsp3) is 0.263. The van der Waals surface area contributed by atoms with Gasteiger partial charge in [-0.2, -0.15) is 36.4 Å². The number of nitrogens with zero attached hydrogens (tertiary/aromatic N) is 4. The topological polar surface area (TPSA) is 102 Å². The highest BCUT2D eigenvalue weighted by molar-refractivity contribution is 5.73. The van der Waals surface area contributed by atoms with Gasteiger partial charge in [-0.1, -0.05) is 0 Å². The number of nitrogens with one attached hydrogen (secondary N) is 1. The summed E-state index contributed by atoms with van der Waals surface area (Å²) < 4.78 is 76.9. The minimum atomic E-state index is -5.08. The van der Waals surface area contributed by atoms with Gasteiger partial charge in [0.05, 0.1) is 23.0 Å². The Morgan fingerprint density at radius 3 is 2.24 bits per heavy atom. The summed E-state index contributed by atoms with van der Waals surface area (Å²) in [7, 11) is 0. The zero-order valence-electron chi connectivity index (χ0n) is 16.4. The van der Waals surface area contributed by atoms with E-state index in [0.717, 1.165) is 25.2 Å². The third-order valence-electron chi connectivity index (χ3n) is 4.20. The number of alkyl halides is 6. The maximum absolute atomic E-state index is 12.7. The van der Waals surface area contributed by atoms with Crippen LogP contribution in [0.5, 0.6) is 5.88 Å². The number of aromatic nitrogens is 4. The van der Waals surface area contributed by atoms with Gasteiger partial charge in [0.25, 0.3) is 0 Å². The fourth-order valence-corrected chi connectivity index (χ4v) is 2.45. The molecule has 1 aromatic carbocycles. The van der Waals surface area contributed by atoms with Gasteiger partial charge in [-0.25, -0.2) is 14.5 Å². The Morgan fingerprint density at radius 2 is 1.73 bits per heavy atom. The van der Waals surface area contributed by atoms with Crippen molar-refractivity contribution in [3.05, 3.63) is 54.5 Å². The second kappa shape index (κ2) is 9.44. The summed E-state index contributed by atoms with van der Waals surface area (Å²) in [6.45, 7) is 1.57. The van der Waals surface area contributed by atoms with Crippen LogP contribution in [-0.4, -0.2) is 56.2 Å². The number of rotatable bonds is 4. The van der Waals surface area contributed by atoms with Gasteiger partial charge >= 0.3 is 18.3 Å². The van der Waals surface area contributed by atoms with E-state index in [1.807, 2.05) is 0 Å². The second-order valence-electron chi connectivity index (χ2n) is 6.64. The number of carboxylic acid groups (broad SMARTS) is 1. The van der Waals surface area contributed by atoms with Gasteiger partial charge in [0, 0.05) is 31.5 Å². The smallest absolute Gasteiger partial charge is 0.475 e. The van der Waals surface area contributed by atoms with Gasteiger partial charge in [-0.3, -0.25) is 0 Å². The van der Waals surface area contributed by atoms with Crippen LogP contribution in [0.1, 0.15) is 5.56 Å². The number of hydrogen-bond donors (Lipinski definition) is 2. The lowest BCUT2D eigenvalue weighted by Gasteiger charge is -2.27. The average molecular weight is 475 g/mol. The van der Waals surface area contributed by atoms with Gasteiger partial charge in [0.1, 0.15) is 6.10 Å². The molecule has 8 nitrogen and oxygen atoms in total. The number of carbonyl (C=O) groups is 1. The first kappa shape index (κ1) is 24.0. The maximum Gasteiger partial charge on any atom is 0.490 e. The summed E-state index contributed by atoms with van der Waals surface area (Å²) in [5.74, 6) is -1.84. The third-order valence-corrected chi connectivity index (χ3v) is 4.20. The molecule has 3 heterocycles. The predicted octanol–water partition coefficient (Wildman–Crippen LogP) is 3.33. The van der Waals surface area contributed by atoms with Crippen molar-refractivity contribution in [1.82, 2.24) is 25.1 Å². The summed E-state index contributed by atoms with van der Waals surface area (Å²) >= 11 is 0. The van der Waals surface area contributed by atoms with Crippen molar-refractivity contribution in [3.8, 4) is 23.0 Å². The maximum atomic E-state index is 12.7. The highest BCUT2D eigenvalue weighted by atomic mass is 19.4. The number of benzene rings is 1. The molecule has 0 spiro atoms. The molecule has 2 N–H and O–H groups in total. The lowest BCUT2D eigenvalue weighted by molar-refractivity contribution is -0.192. The van der Waals surface area contributed by atoms with Crippen molar-refractivity contribution in [1.29, 1.82) is 0 Å². The van der Waals surface area contributed by atoms with Crippen molar-refractivity contribution >= 4 is 5.97 Å². The van der Waals surface area contributed by atoms with E-state index in [2.05, 4.69) is 20.4 Å². The molecule has 14 heteroatoms. The van der Waals surface area contributed by atoms with E-state index in [9.17, 15) is 26.3 Å². The normalized spacial score (nSPS) is 14.1. The van der Waals surface area contributed by atoms with Crippen LogP contribution in [0.4, 0.5) is 26.3 Å². The largest absolute Gasteiger partial charge is 0.490 e. The molecule has 0 amide bonds. The van der Waals surface area contributed by atoms with E-state index in [0.29, 0.717) is 23.0 Å². The Labute approximate surface area is 181 Å². The molecule has 1 fully saturated rings. The molecule has 0 saturated carbocycles. The zero-order valence-corrected chi connectivity index (χ0v) is 16.4. The van der Waals surface area contributed by atoms with E-state index in [-0.39, 0.29) is 6.10 Å². The van der Waals surface area contributed by atoms with E-state index in [1.54, 1.807) is 24.7 Å². The van der Waals surface area contributed by atoms with Crippen LogP contribution in [0.15, 0.2) is 48.9 Å². The zero-order chi connectivity index (χ0) is 24.2. The van der Waals surface area contributed by atoms with Gasteiger partial charge in [0.15, 0.2) is 5.82 Å². The minimum Gasteiger partial charge on any atom is -0.475 e. The summed E-state index contributed by atoms with van der Waals surface area (Å²) in [4.78, 5) is 17.5. The molecule has 0 unspecified atom stereocenters. The Balaban J connectivity index is 0.000000383. The molecule has 33 heavy (non-hydrogen) atoms. The quantitative estimate of drug-likeness (QED) is 0.558. The third kappa shape index (κ3) is 6.41. The fourth-order valence-electron chi connectivity index (χ4n) is 2.45. The number of aliphatic carboxylic acids is 1. The second-order valence-corrected chi connectivity index (χ2v) is 6.64. The molecule has 176 valence electrons. The lowest BCUT2D eigenvalue weighted by atomic mass is 10.2. The van der Waals surface area contributed by atoms with Crippen molar-refractivity contribution in [2.45, 2.75) is 18.5 Å². The molecule has 3 aromatic rings. The number of ether oxygens (including phenoxy) is 1. The summed E-state index contributed by atoms with van der Waals surface area (Å²) in [5.41, 5.74) is 0.451. The first-order chi connectivity index (χ1) is 15.4.